The summed E-state index contributed by atoms with van der Waals surface area (Å²) in [5.41, 5.74) is 3.98. The molecule has 0 unspecified atom stereocenters. The summed E-state index contributed by atoms with van der Waals surface area (Å²) in [6, 6.07) is 9.95. The van der Waals surface area contributed by atoms with Crippen LogP contribution in [0.3, 0.4) is 0 Å². The first-order chi connectivity index (χ1) is 12.0. The third-order valence-corrected chi connectivity index (χ3v) is 5.36. The average Bonchev–Trinajstić information content (AvgIpc) is 3.13. The quantitative estimate of drug-likeness (QED) is 0.820. The van der Waals surface area contributed by atoms with Crippen LogP contribution >= 0.6 is 11.8 Å². The lowest BCUT2D eigenvalue weighted by molar-refractivity contribution is -0.137. The molecule has 3 rings (SSSR count). The third-order valence-electron chi connectivity index (χ3n) is 4.41. The number of amides is 2. The van der Waals surface area contributed by atoms with Crippen molar-refractivity contribution in [3.05, 3.63) is 47.3 Å². The van der Waals surface area contributed by atoms with Crippen LogP contribution < -0.4 is 0 Å². The van der Waals surface area contributed by atoms with Crippen molar-refractivity contribution in [3.8, 4) is 5.69 Å². The number of rotatable bonds is 5. The molecule has 0 atom stereocenters. The van der Waals surface area contributed by atoms with E-state index in [1.54, 1.807) is 28.6 Å². The van der Waals surface area contributed by atoms with E-state index in [0.29, 0.717) is 18.2 Å². The minimum absolute atomic E-state index is 0.0380. The fraction of sp³-hybridized carbons (Fsp3) is 0.389. The van der Waals surface area contributed by atoms with Crippen LogP contribution in [0, 0.1) is 13.8 Å². The molecule has 0 aliphatic carbocycles. The van der Waals surface area contributed by atoms with Crippen LogP contribution in [0.1, 0.15) is 17.0 Å². The zero-order chi connectivity index (χ0) is 18.0. The van der Waals surface area contributed by atoms with Crippen molar-refractivity contribution < 1.29 is 9.59 Å². The van der Waals surface area contributed by atoms with Gasteiger partial charge in [-0.2, -0.15) is 5.10 Å². The first-order valence-electron chi connectivity index (χ1n) is 8.17. The molecule has 132 valence electrons. The second-order valence-electron chi connectivity index (χ2n) is 6.22. The molecule has 2 heterocycles. The summed E-state index contributed by atoms with van der Waals surface area (Å²) >= 11 is 1.55. The predicted molar refractivity (Wildman–Crippen MR) is 98.6 cm³/mol. The Morgan fingerprint density at radius 3 is 2.64 bits per heavy atom. The first-order valence-corrected chi connectivity index (χ1v) is 9.33. The number of hydrogen-bond acceptors (Lipinski definition) is 4. The highest BCUT2D eigenvalue weighted by atomic mass is 32.2. The Morgan fingerprint density at radius 1 is 1.28 bits per heavy atom. The van der Waals surface area contributed by atoms with Gasteiger partial charge in [0.1, 0.15) is 6.54 Å². The van der Waals surface area contributed by atoms with Crippen LogP contribution in [-0.4, -0.2) is 56.6 Å². The summed E-state index contributed by atoms with van der Waals surface area (Å²) in [7, 11) is 1.77. The van der Waals surface area contributed by atoms with Crippen LogP contribution in [0.4, 0.5) is 0 Å². The highest BCUT2D eigenvalue weighted by Gasteiger charge is 2.25. The van der Waals surface area contributed by atoms with Gasteiger partial charge in [0, 0.05) is 24.8 Å². The lowest BCUT2D eigenvalue weighted by atomic mass is 10.2. The minimum Gasteiger partial charge on any atom is -0.340 e. The van der Waals surface area contributed by atoms with Crippen LogP contribution in [-0.2, 0) is 16.1 Å². The van der Waals surface area contributed by atoms with Gasteiger partial charge in [-0.25, -0.2) is 4.68 Å². The van der Waals surface area contributed by atoms with E-state index in [1.165, 1.54) is 0 Å². The van der Waals surface area contributed by atoms with E-state index in [1.807, 2.05) is 48.9 Å². The van der Waals surface area contributed by atoms with Gasteiger partial charge >= 0.3 is 0 Å². The summed E-state index contributed by atoms with van der Waals surface area (Å²) < 4.78 is 1.91. The summed E-state index contributed by atoms with van der Waals surface area (Å²) in [6.45, 7) is 4.60. The van der Waals surface area contributed by atoms with Crippen molar-refractivity contribution in [2.24, 2.45) is 0 Å². The zero-order valence-corrected chi connectivity index (χ0v) is 15.5. The van der Waals surface area contributed by atoms with Crippen LogP contribution in [0.2, 0.25) is 0 Å². The SMILES string of the molecule is Cc1nn(-c2ccccc2)c(C)c1CN(C)C(=O)CN1CSCC1=O. The number of carbonyl (C=O) groups excluding carboxylic acids is 2. The lowest BCUT2D eigenvalue weighted by Crippen LogP contribution is -2.39. The van der Waals surface area contributed by atoms with Crippen LogP contribution in [0.25, 0.3) is 5.69 Å². The van der Waals surface area contributed by atoms with E-state index in [0.717, 1.165) is 22.6 Å². The monoisotopic (exact) mass is 358 g/mol. The van der Waals surface area contributed by atoms with Gasteiger partial charge in [0.15, 0.2) is 0 Å². The normalized spacial score (nSPS) is 14.2. The molecule has 0 N–H and O–H groups in total. The van der Waals surface area contributed by atoms with Gasteiger partial charge in [-0.3, -0.25) is 9.59 Å². The Balaban J connectivity index is 1.73. The maximum atomic E-state index is 12.4. The van der Waals surface area contributed by atoms with Gasteiger partial charge in [0.25, 0.3) is 0 Å². The smallest absolute Gasteiger partial charge is 0.242 e. The first kappa shape index (κ1) is 17.5. The van der Waals surface area contributed by atoms with Crippen molar-refractivity contribution in [2.45, 2.75) is 20.4 Å². The van der Waals surface area contributed by atoms with E-state index in [9.17, 15) is 9.59 Å². The molecular formula is C18H22N4O2S. The van der Waals surface area contributed by atoms with E-state index in [4.69, 9.17) is 0 Å². The maximum absolute atomic E-state index is 12.4. The number of aromatic nitrogens is 2. The zero-order valence-electron chi connectivity index (χ0n) is 14.7. The molecule has 0 bridgehead atoms. The number of hydrogen-bond donors (Lipinski definition) is 0. The predicted octanol–water partition coefficient (Wildman–Crippen LogP) is 1.98. The van der Waals surface area contributed by atoms with E-state index < -0.39 is 0 Å². The Morgan fingerprint density at radius 2 is 2.00 bits per heavy atom. The van der Waals surface area contributed by atoms with Gasteiger partial charge in [-0.15, -0.1) is 11.8 Å². The molecular weight excluding hydrogens is 336 g/mol. The van der Waals surface area contributed by atoms with Crippen molar-refractivity contribution in [1.29, 1.82) is 0 Å². The number of nitrogens with zero attached hydrogens (tertiary/aromatic N) is 4. The highest BCUT2D eigenvalue weighted by Crippen LogP contribution is 2.20. The van der Waals surface area contributed by atoms with E-state index in [2.05, 4.69) is 5.10 Å². The van der Waals surface area contributed by atoms with Crippen molar-refractivity contribution in [2.75, 3.05) is 25.2 Å². The Kier molecular flexibility index (Phi) is 5.13. The lowest BCUT2D eigenvalue weighted by Gasteiger charge is -2.21. The summed E-state index contributed by atoms with van der Waals surface area (Å²) in [4.78, 5) is 27.4. The molecule has 2 aromatic rings. The van der Waals surface area contributed by atoms with Gasteiger partial charge in [-0.05, 0) is 26.0 Å². The number of para-hydroxylation sites is 1. The Labute approximate surface area is 151 Å². The molecule has 1 aliphatic rings. The molecule has 0 spiro atoms. The van der Waals surface area contributed by atoms with E-state index in [-0.39, 0.29) is 18.4 Å². The molecule has 1 aliphatic heterocycles. The summed E-state index contributed by atoms with van der Waals surface area (Å²) in [6.07, 6.45) is 0. The van der Waals surface area contributed by atoms with Crippen molar-refractivity contribution >= 4 is 23.6 Å². The van der Waals surface area contributed by atoms with Crippen LogP contribution in [0.15, 0.2) is 30.3 Å². The second kappa shape index (κ2) is 7.31. The van der Waals surface area contributed by atoms with Gasteiger partial charge in [-0.1, -0.05) is 18.2 Å². The van der Waals surface area contributed by atoms with Crippen molar-refractivity contribution in [3.63, 3.8) is 0 Å². The number of thioether (sulfide) groups is 1. The minimum atomic E-state index is -0.0536. The Bertz CT molecular complexity index is 788. The molecule has 1 saturated heterocycles. The maximum Gasteiger partial charge on any atom is 0.242 e. The Hall–Kier alpha value is -2.28. The number of aryl methyl sites for hydroxylation is 1. The molecule has 2 amide bonds. The van der Waals surface area contributed by atoms with Gasteiger partial charge in [0.2, 0.25) is 11.8 Å². The largest absolute Gasteiger partial charge is 0.340 e. The fourth-order valence-electron chi connectivity index (χ4n) is 2.87. The average molecular weight is 358 g/mol. The molecule has 1 aromatic heterocycles. The fourth-order valence-corrected chi connectivity index (χ4v) is 3.78. The number of likely N-dealkylation sites (N-methyl/N-ethyl adjacent to an activating group) is 1. The highest BCUT2D eigenvalue weighted by molar-refractivity contribution is 8.00. The number of carbonyl (C=O) groups is 2. The molecule has 1 fully saturated rings. The molecule has 6 nitrogen and oxygen atoms in total. The molecule has 25 heavy (non-hydrogen) atoms. The van der Waals surface area contributed by atoms with Crippen molar-refractivity contribution in [1.82, 2.24) is 19.6 Å². The second-order valence-corrected chi connectivity index (χ2v) is 7.17. The van der Waals surface area contributed by atoms with Gasteiger partial charge in [0.05, 0.1) is 23.0 Å². The molecule has 1 aromatic carbocycles. The topological polar surface area (TPSA) is 58.4 Å². The molecule has 0 saturated carbocycles. The van der Waals surface area contributed by atoms with E-state index >= 15 is 0 Å². The molecule has 0 radical (unpaired) electrons. The molecule has 7 heteroatoms. The summed E-state index contributed by atoms with van der Waals surface area (Å²) in [5.74, 6) is 1.06. The summed E-state index contributed by atoms with van der Waals surface area (Å²) in [5, 5.41) is 4.62. The van der Waals surface area contributed by atoms with Gasteiger partial charge < -0.3 is 9.80 Å². The standard InChI is InChI=1S/C18H22N4O2S/c1-13-16(14(2)22(19-13)15-7-5-4-6-8-15)9-20(3)17(23)10-21-12-25-11-18(21)24/h4-8H,9-12H2,1-3H3. The third kappa shape index (κ3) is 3.71. The number of benzene rings is 1. The van der Waals surface area contributed by atoms with Crippen LogP contribution in [0.5, 0.6) is 0 Å².